The summed E-state index contributed by atoms with van der Waals surface area (Å²) < 4.78 is 2.47. The predicted molar refractivity (Wildman–Crippen MR) is 98.7 cm³/mol. The third-order valence-electron chi connectivity index (χ3n) is 4.11. The Kier molecular flexibility index (Phi) is 3.89. The zero-order valence-electron chi connectivity index (χ0n) is 13.8. The first-order valence-electron chi connectivity index (χ1n) is 8.18. The summed E-state index contributed by atoms with van der Waals surface area (Å²) in [6.45, 7) is 8.52. The van der Waals surface area contributed by atoms with Crippen molar-refractivity contribution in [2.45, 2.75) is 33.7 Å². The van der Waals surface area contributed by atoms with Gasteiger partial charge in [0, 0.05) is 27.7 Å². The predicted octanol–water partition coefficient (Wildman–Crippen LogP) is 6.55. The van der Waals surface area contributed by atoms with Gasteiger partial charge in [0.2, 0.25) is 0 Å². The summed E-state index contributed by atoms with van der Waals surface area (Å²) >= 11 is 0. The Hall–Kier alpha value is -2.28. The fourth-order valence-electron chi connectivity index (χ4n) is 3.30. The maximum absolute atomic E-state index is 2.47. The van der Waals surface area contributed by atoms with Crippen LogP contribution in [0, 0.1) is 0 Å². The van der Waals surface area contributed by atoms with Crippen molar-refractivity contribution >= 4 is 32.6 Å². The quantitative estimate of drug-likeness (QED) is 0.374. The molecule has 0 atom stereocenters. The molecule has 112 valence electrons. The Bertz CT molecular complexity index is 929. The van der Waals surface area contributed by atoms with Crippen LogP contribution in [0.3, 0.4) is 0 Å². The van der Waals surface area contributed by atoms with E-state index in [-0.39, 0.29) is 0 Å². The lowest BCUT2D eigenvalue weighted by Crippen LogP contribution is -2.00. The molecule has 0 saturated heterocycles. The van der Waals surface area contributed by atoms with Crippen LogP contribution in [0.4, 0.5) is 0 Å². The second kappa shape index (κ2) is 5.84. The van der Waals surface area contributed by atoms with Gasteiger partial charge in [-0.1, -0.05) is 68.4 Å². The lowest BCUT2D eigenvalue weighted by molar-refractivity contribution is 0.643. The van der Waals surface area contributed by atoms with Gasteiger partial charge in [0.25, 0.3) is 0 Å². The van der Waals surface area contributed by atoms with Gasteiger partial charge in [-0.2, -0.15) is 0 Å². The van der Waals surface area contributed by atoms with Crippen molar-refractivity contribution in [2.75, 3.05) is 0 Å². The molecule has 0 aliphatic heterocycles. The number of nitrogens with zero attached hydrogens (tertiary/aromatic N) is 1. The van der Waals surface area contributed by atoms with E-state index in [9.17, 15) is 0 Å². The maximum atomic E-state index is 2.47. The average molecular weight is 289 g/mol. The van der Waals surface area contributed by atoms with Crippen LogP contribution in [-0.2, 0) is 0 Å². The molecule has 4 rings (SSSR count). The molecule has 0 bridgehead atoms. The van der Waals surface area contributed by atoms with Crippen molar-refractivity contribution < 1.29 is 0 Å². The van der Waals surface area contributed by atoms with Crippen LogP contribution >= 0.6 is 0 Å². The van der Waals surface area contributed by atoms with E-state index in [1.54, 1.807) is 0 Å². The molecular weight excluding hydrogens is 266 g/mol. The Morgan fingerprint density at radius 2 is 1.32 bits per heavy atom. The van der Waals surface area contributed by atoms with E-state index < -0.39 is 0 Å². The molecular formula is C21H23N. The van der Waals surface area contributed by atoms with E-state index >= 15 is 0 Å². The van der Waals surface area contributed by atoms with Gasteiger partial charge >= 0.3 is 0 Å². The monoisotopic (exact) mass is 289 g/mol. The molecule has 22 heavy (non-hydrogen) atoms. The highest BCUT2D eigenvalue weighted by molar-refractivity contribution is 6.17. The first kappa shape index (κ1) is 14.6. The van der Waals surface area contributed by atoms with E-state index in [0.717, 1.165) is 0 Å². The van der Waals surface area contributed by atoms with Gasteiger partial charge in [-0.05, 0) is 25.3 Å². The van der Waals surface area contributed by atoms with Gasteiger partial charge in [-0.25, -0.2) is 0 Å². The number of fused-ring (bicyclic) bond motifs is 5. The average Bonchev–Trinajstić information content (AvgIpc) is 2.92. The van der Waals surface area contributed by atoms with Gasteiger partial charge < -0.3 is 4.57 Å². The maximum Gasteiger partial charge on any atom is 0.0573 e. The van der Waals surface area contributed by atoms with Gasteiger partial charge in [0.1, 0.15) is 0 Å². The normalized spacial score (nSPS) is 11.1. The third-order valence-corrected chi connectivity index (χ3v) is 4.11. The highest BCUT2D eigenvalue weighted by atomic mass is 15.0. The second-order valence-corrected chi connectivity index (χ2v) is 5.66. The minimum atomic E-state index is 0.447. The summed E-state index contributed by atoms with van der Waals surface area (Å²) in [5, 5.41) is 5.36. The van der Waals surface area contributed by atoms with E-state index in [1.807, 2.05) is 13.8 Å². The summed E-state index contributed by atoms with van der Waals surface area (Å²) in [4.78, 5) is 0. The topological polar surface area (TPSA) is 4.93 Å². The van der Waals surface area contributed by atoms with Crippen molar-refractivity contribution in [3.8, 4) is 0 Å². The number of para-hydroxylation sites is 1. The highest BCUT2D eigenvalue weighted by Gasteiger charge is 2.14. The molecule has 0 aliphatic rings. The molecule has 0 saturated carbocycles. The largest absolute Gasteiger partial charge is 0.337 e. The summed E-state index contributed by atoms with van der Waals surface area (Å²) in [6, 6.07) is 22.3. The van der Waals surface area contributed by atoms with E-state index in [1.165, 1.54) is 32.6 Å². The number of benzene rings is 3. The molecule has 1 nitrogen and oxygen atoms in total. The molecule has 1 heteroatoms. The lowest BCUT2D eigenvalue weighted by Gasteiger charge is -2.13. The summed E-state index contributed by atoms with van der Waals surface area (Å²) in [6.07, 6.45) is 0. The van der Waals surface area contributed by atoms with Crippen LogP contribution in [0.2, 0.25) is 0 Å². The van der Waals surface area contributed by atoms with E-state index in [0.29, 0.717) is 6.04 Å². The SMILES string of the molecule is CC.CC(C)n1c2ccccc2c2ccc3ccccc3c21. The molecule has 0 fully saturated rings. The molecule has 1 aromatic heterocycles. The smallest absolute Gasteiger partial charge is 0.0573 e. The molecule has 0 amide bonds. The summed E-state index contributed by atoms with van der Waals surface area (Å²) in [5.74, 6) is 0. The van der Waals surface area contributed by atoms with Crippen LogP contribution in [-0.4, -0.2) is 4.57 Å². The van der Waals surface area contributed by atoms with Crippen molar-refractivity contribution in [3.63, 3.8) is 0 Å². The van der Waals surface area contributed by atoms with E-state index in [2.05, 4.69) is 79.1 Å². The minimum Gasteiger partial charge on any atom is -0.337 e. The first-order valence-corrected chi connectivity index (χ1v) is 8.18. The fourth-order valence-corrected chi connectivity index (χ4v) is 3.30. The molecule has 0 N–H and O–H groups in total. The number of aromatic nitrogens is 1. The first-order chi connectivity index (χ1) is 10.8. The third kappa shape index (κ3) is 2.09. The van der Waals surface area contributed by atoms with Gasteiger partial charge in [0.15, 0.2) is 0 Å². The van der Waals surface area contributed by atoms with Gasteiger partial charge in [-0.3, -0.25) is 0 Å². The number of rotatable bonds is 1. The lowest BCUT2D eigenvalue weighted by atomic mass is 10.1. The van der Waals surface area contributed by atoms with Crippen LogP contribution in [0.1, 0.15) is 33.7 Å². The van der Waals surface area contributed by atoms with Crippen molar-refractivity contribution in [1.29, 1.82) is 0 Å². The van der Waals surface area contributed by atoms with Crippen molar-refractivity contribution in [2.24, 2.45) is 0 Å². The Morgan fingerprint density at radius 1 is 0.682 bits per heavy atom. The van der Waals surface area contributed by atoms with Gasteiger partial charge in [-0.15, -0.1) is 0 Å². The Labute approximate surface area is 132 Å². The molecule has 3 aromatic carbocycles. The van der Waals surface area contributed by atoms with Gasteiger partial charge in [0.05, 0.1) is 5.52 Å². The Morgan fingerprint density at radius 3 is 2.05 bits per heavy atom. The van der Waals surface area contributed by atoms with Crippen LogP contribution in [0.25, 0.3) is 32.6 Å². The van der Waals surface area contributed by atoms with Crippen LogP contribution in [0.15, 0.2) is 60.7 Å². The van der Waals surface area contributed by atoms with Crippen LogP contribution < -0.4 is 0 Å². The molecule has 4 aromatic rings. The molecule has 0 radical (unpaired) electrons. The van der Waals surface area contributed by atoms with E-state index in [4.69, 9.17) is 0 Å². The van der Waals surface area contributed by atoms with Crippen molar-refractivity contribution in [3.05, 3.63) is 60.7 Å². The second-order valence-electron chi connectivity index (χ2n) is 5.66. The molecule has 1 heterocycles. The molecule has 0 unspecified atom stereocenters. The fraction of sp³-hybridized carbons (Fsp3) is 0.238. The number of hydrogen-bond acceptors (Lipinski definition) is 0. The Balaban J connectivity index is 0.000000693. The minimum absolute atomic E-state index is 0.447. The van der Waals surface area contributed by atoms with Crippen LogP contribution in [0.5, 0.6) is 0 Å². The number of hydrogen-bond donors (Lipinski definition) is 0. The zero-order valence-corrected chi connectivity index (χ0v) is 13.8. The summed E-state index contributed by atoms with van der Waals surface area (Å²) in [7, 11) is 0. The van der Waals surface area contributed by atoms with Crippen molar-refractivity contribution in [1.82, 2.24) is 4.57 Å². The highest BCUT2D eigenvalue weighted by Crippen LogP contribution is 2.35. The molecule has 0 aliphatic carbocycles. The summed E-state index contributed by atoms with van der Waals surface area (Å²) in [5.41, 5.74) is 2.69. The standard InChI is InChI=1S/C19H17N.C2H6/c1-13(2)20-18-10-6-5-9-16(18)17-12-11-14-7-3-4-8-15(14)19(17)20;1-2/h3-13H,1-2H3;1-2H3. The zero-order chi connectivity index (χ0) is 15.7. The molecule has 0 spiro atoms.